The van der Waals surface area contributed by atoms with Crippen LogP contribution >= 0.6 is 12.4 Å². The molecule has 1 aromatic carbocycles. The molecule has 1 fully saturated rings. The second-order valence-electron chi connectivity index (χ2n) is 5.62. The number of aromatic nitrogens is 1. The normalized spacial score (nSPS) is 17.1. The number of benzene rings is 1. The third-order valence-electron chi connectivity index (χ3n) is 4.09. The monoisotopic (exact) mass is 319 g/mol. The molecule has 0 saturated carbocycles. The summed E-state index contributed by atoms with van der Waals surface area (Å²) >= 11 is 0. The molecule has 4 nitrogen and oxygen atoms in total. The first-order chi connectivity index (χ1) is 10.2. The molecule has 2 heterocycles. The minimum atomic E-state index is 0. The number of hydrogen-bond donors (Lipinski definition) is 2. The van der Waals surface area contributed by atoms with Crippen molar-refractivity contribution in [3.8, 4) is 5.69 Å². The summed E-state index contributed by atoms with van der Waals surface area (Å²) in [6.07, 6.45) is 1.00. The van der Waals surface area contributed by atoms with Gasteiger partial charge in [0.25, 0.3) is 5.91 Å². The zero-order chi connectivity index (χ0) is 14.8. The zero-order valence-corrected chi connectivity index (χ0v) is 13.7. The number of hydrogen-bond acceptors (Lipinski definition) is 2. The molecule has 0 spiro atoms. The van der Waals surface area contributed by atoms with Gasteiger partial charge in [-0.2, -0.15) is 0 Å². The highest BCUT2D eigenvalue weighted by Gasteiger charge is 2.21. The Labute approximate surface area is 137 Å². The Morgan fingerprint density at radius 3 is 2.64 bits per heavy atom. The van der Waals surface area contributed by atoms with Gasteiger partial charge in [0, 0.05) is 29.7 Å². The van der Waals surface area contributed by atoms with Crippen molar-refractivity contribution in [1.82, 2.24) is 15.2 Å². The average Bonchev–Trinajstić information content (AvgIpc) is 3.08. The summed E-state index contributed by atoms with van der Waals surface area (Å²) in [6, 6.07) is 12.4. The molecular weight excluding hydrogens is 298 g/mol. The lowest BCUT2D eigenvalue weighted by Gasteiger charge is -2.12. The maximum Gasteiger partial charge on any atom is 0.253 e. The molecule has 118 valence electrons. The molecule has 5 heteroatoms. The highest BCUT2D eigenvalue weighted by molar-refractivity contribution is 5.96. The van der Waals surface area contributed by atoms with Crippen molar-refractivity contribution in [2.75, 3.05) is 13.1 Å². The lowest BCUT2D eigenvalue weighted by molar-refractivity contribution is 0.0939. The minimum absolute atomic E-state index is 0. The van der Waals surface area contributed by atoms with Crippen LogP contribution in [0.25, 0.3) is 5.69 Å². The third kappa shape index (κ3) is 3.18. The number of halogens is 1. The maximum atomic E-state index is 12.5. The first-order valence-corrected chi connectivity index (χ1v) is 7.43. The largest absolute Gasteiger partial charge is 0.348 e. The third-order valence-corrected chi connectivity index (χ3v) is 4.09. The van der Waals surface area contributed by atoms with Crippen LogP contribution in [-0.4, -0.2) is 29.6 Å². The Kier molecular flexibility index (Phi) is 5.27. The minimum Gasteiger partial charge on any atom is -0.348 e. The molecule has 0 aliphatic carbocycles. The number of nitrogens with one attached hydrogen (secondary N) is 2. The van der Waals surface area contributed by atoms with E-state index in [1.807, 2.05) is 38.1 Å². The maximum absolute atomic E-state index is 12.5. The summed E-state index contributed by atoms with van der Waals surface area (Å²) in [7, 11) is 0. The van der Waals surface area contributed by atoms with Crippen molar-refractivity contribution in [3.05, 3.63) is 53.3 Å². The van der Waals surface area contributed by atoms with E-state index in [-0.39, 0.29) is 24.4 Å². The molecule has 0 bridgehead atoms. The van der Waals surface area contributed by atoms with Crippen molar-refractivity contribution in [2.24, 2.45) is 0 Å². The van der Waals surface area contributed by atoms with Crippen LogP contribution in [0, 0.1) is 13.8 Å². The van der Waals surface area contributed by atoms with Crippen LogP contribution in [0.2, 0.25) is 0 Å². The summed E-state index contributed by atoms with van der Waals surface area (Å²) in [6.45, 7) is 5.88. The molecule has 1 unspecified atom stereocenters. The lowest BCUT2D eigenvalue weighted by atomic mass is 10.2. The van der Waals surface area contributed by atoms with Crippen LogP contribution in [0.15, 0.2) is 36.4 Å². The molecule has 22 heavy (non-hydrogen) atoms. The summed E-state index contributed by atoms with van der Waals surface area (Å²) in [5, 5.41) is 6.38. The van der Waals surface area contributed by atoms with Crippen molar-refractivity contribution in [2.45, 2.75) is 26.3 Å². The Morgan fingerprint density at radius 2 is 2.00 bits per heavy atom. The van der Waals surface area contributed by atoms with E-state index in [4.69, 9.17) is 0 Å². The van der Waals surface area contributed by atoms with Gasteiger partial charge in [-0.1, -0.05) is 18.2 Å². The fraction of sp³-hybridized carbons (Fsp3) is 0.353. The van der Waals surface area contributed by atoms with E-state index in [0.29, 0.717) is 0 Å². The van der Waals surface area contributed by atoms with Gasteiger partial charge in [-0.05, 0) is 45.0 Å². The van der Waals surface area contributed by atoms with Gasteiger partial charge in [0.15, 0.2) is 0 Å². The summed E-state index contributed by atoms with van der Waals surface area (Å²) in [4.78, 5) is 12.5. The van der Waals surface area contributed by atoms with Gasteiger partial charge in [-0.3, -0.25) is 4.79 Å². The number of nitrogens with zero attached hydrogens (tertiary/aromatic N) is 1. The van der Waals surface area contributed by atoms with Crippen LogP contribution in [0.3, 0.4) is 0 Å². The molecular formula is C17H22ClN3O. The summed E-state index contributed by atoms with van der Waals surface area (Å²) in [5.41, 5.74) is 3.92. The van der Waals surface area contributed by atoms with Crippen molar-refractivity contribution >= 4 is 18.3 Å². The predicted molar refractivity (Wildman–Crippen MR) is 91.2 cm³/mol. The van der Waals surface area contributed by atoms with Crippen molar-refractivity contribution in [3.63, 3.8) is 0 Å². The Morgan fingerprint density at radius 1 is 1.27 bits per heavy atom. The fourth-order valence-electron chi connectivity index (χ4n) is 3.01. The summed E-state index contributed by atoms with van der Waals surface area (Å²) < 4.78 is 2.13. The number of amides is 1. The number of aryl methyl sites for hydroxylation is 1. The number of carbonyl (C=O) groups excluding carboxylic acids is 1. The molecule has 1 atom stereocenters. The van der Waals surface area contributed by atoms with E-state index >= 15 is 0 Å². The van der Waals surface area contributed by atoms with Gasteiger partial charge in [0.05, 0.1) is 5.56 Å². The van der Waals surface area contributed by atoms with E-state index < -0.39 is 0 Å². The zero-order valence-electron chi connectivity index (χ0n) is 12.9. The first kappa shape index (κ1) is 16.6. The standard InChI is InChI=1S/C17H21N3O.ClH/c1-12-10-16(17(21)19-14-8-9-18-11-14)13(2)20(12)15-6-4-3-5-7-15;/h3-7,10,14,18H,8-9,11H2,1-2H3,(H,19,21);1H. The quantitative estimate of drug-likeness (QED) is 0.913. The highest BCUT2D eigenvalue weighted by Crippen LogP contribution is 2.20. The molecule has 3 rings (SSSR count). The van der Waals surface area contributed by atoms with Gasteiger partial charge >= 0.3 is 0 Å². The number of rotatable bonds is 3. The molecule has 1 aromatic heterocycles. The van der Waals surface area contributed by atoms with Crippen LogP contribution in [0.4, 0.5) is 0 Å². The van der Waals surface area contributed by atoms with Crippen LogP contribution in [-0.2, 0) is 0 Å². The molecule has 1 saturated heterocycles. The van der Waals surface area contributed by atoms with Crippen LogP contribution in [0.1, 0.15) is 28.2 Å². The molecule has 1 aliphatic rings. The molecule has 0 radical (unpaired) electrons. The second-order valence-corrected chi connectivity index (χ2v) is 5.62. The highest BCUT2D eigenvalue weighted by atomic mass is 35.5. The van der Waals surface area contributed by atoms with Gasteiger partial charge in [0.1, 0.15) is 0 Å². The van der Waals surface area contributed by atoms with Gasteiger partial charge in [0.2, 0.25) is 0 Å². The molecule has 1 aliphatic heterocycles. The van der Waals surface area contributed by atoms with Crippen LogP contribution < -0.4 is 10.6 Å². The molecule has 2 N–H and O–H groups in total. The fourth-order valence-corrected chi connectivity index (χ4v) is 3.01. The van der Waals surface area contributed by atoms with Gasteiger partial charge in [-0.15, -0.1) is 12.4 Å². The Bertz CT molecular complexity index is 645. The molecule has 1 amide bonds. The van der Waals surface area contributed by atoms with Gasteiger partial charge < -0.3 is 15.2 Å². The topological polar surface area (TPSA) is 46.1 Å². The smallest absolute Gasteiger partial charge is 0.253 e. The van der Waals surface area contributed by atoms with Gasteiger partial charge in [-0.25, -0.2) is 0 Å². The lowest BCUT2D eigenvalue weighted by Crippen LogP contribution is -2.36. The molecule has 2 aromatic rings. The Balaban J connectivity index is 0.00000176. The summed E-state index contributed by atoms with van der Waals surface area (Å²) in [5.74, 6) is 0.0268. The van der Waals surface area contributed by atoms with E-state index in [1.54, 1.807) is 0 Å². The van der Waals surface area contributed by atoms with Crippen LogP contribution in [0.5, 0.6) is 0 Å². The Hall–Kier alpha value is -1.78. The second kappa shape index (κ2) is 6.99. The van der Waals surface area contributed by atoms with Crippen molar-refractivity contribution in [1.29, 1.82) is 0 Å². The first-order valence-electron chi connectivity index (χ1n) is 7.43. The van der Waals surface area contributed by atoms with E-state index in [0.717, 1.165) is 42.1 Å². The van der Waals surface area contributed by atoms with E-state index in [1.165, 1.54) is 0 Å². The average molecular weight is 320 g/mol. The predicted octanol–water partition coefficient (Wildman–Crippen LogP) is 2.61. The number of carbonyl (C=O) groups is 1. The van der Waals surface area contributed by atoms with E-state index in [9.17, 15) is 4.79 Å². The van der Waals surface area contributed by atoms with E-state index in [2.05, 4.69) is 27.3 Å². The van der Waals surface area contributed by atoms with Crippen molar-refractivity contribution < 1.29 is 4.79 Å². The SMILES string of the molecule is Cc1cc(C(=O)NC2CCNC2)c(C)n1-c1ccccc1.Cl. The number of para-hydroxylation sites is 1.